The Balaban J connectivity index is 2.50. The van der Waals surface area contributed by atoms with Gasteiger partial charge in [-0.3, -0.25) is 0 Å². The molecule has 0 spiro atoms. The molecule has 0 radical (unpaired) electrons. The van der Waals surface area contributed by atoms with Crippen molar-refractivity contribution >= 4 is 0 Å². The fourth-order valence-electron chi connectivity index (χ4n) is 2.90. The normalized spacial score (nSPS) is 21.2. The summed E-state index contributed by atoms with van der Waals surface area (Å²) in [5, 5.41) is 3.71. The third kappa shape index (κ3) is 4.55. The third-order valence-corrected chi connectivity index (χ3v) is 3.50. The summed E-state index contributed by atoms with van der Waals surface area (Å²) >= 11 is 0. The molecule has 1 heteroatoms. The van der Waals surface area contributed by atoms with Crippen LogP contribution in [0, 0.1) is 11.3 Å². The highest BCUT2D eigenvalue weighted by atomic mass is 15.0. The van der Waals surface area contributed by atoms with Crippen molar-refractivity contribution in [1.82, 2.24) is 5.32 Å². The van der Waals surface area contributed by atoms with Crippen LogP contribution in [0.15, 0.2) is 0 Å². The summed E-state index contributed by atoms with van der Waals surface area (Å²) in [7, 11) is 0. The van der Waals surface area contributed by atoms with E-state index in [-0.39, 0.29) is 5.54 Å². The maximum atomic E-state index is 3.71. The van der Waals surface area contributed by atoms with Gasteiger partial charge in [-0.25, -0.2) is 0 Å². The van der Waals surface area contributed by atoms with E-state index in [9.17, 15) is 0 Å². The van der Waals surface area contributed by atoms with Crippen LogP contribution in [0.2, 0.25) is 0 Å². The lowest BCUT2D eigenvalue weighted by atomic mass is 9.78. The number of rotatable bonds is 4. The second-order valence-electron chi connectivity index (χ2n) is 6.91. The summed E-state index contributed by atoms with van der Waals surface area (Å²) in [5.74, 6) is 0.838. The molecule has 1 aliphatic rings. The fraction of sp³-hybridized carbons (Fsp3) is 1.00. The number of nitrogens with one attached hydrogen (secondary N) is 1. The SMILES string of the molecule is CC(C)CC1(CNC(C)(C)C)CCCC1. The second kappa shape index (κ2) is 4.86. The highest BCUT2D eigenvalue weighted by molar-refractivity contribution is 4.89. The van der Waals surface area contributed by atoms with Crippen molar-refractivity contribution in [2.45, 2.75) is 72.3 Å². The highest BCUT2D eigenvalue weighted by Gasteiger charge is 2.34. The molecule has 0 aromatic heterocycles. The van der Waals surface area contributed by atoms with Gasteiger partial charge in [0.1, 0.15) is 0 Å². The molecule has 90 valence electrons. The predicted molar refractivity (Wildman–Crippen MR) is 68.1 cm³/mol. The lowest BCUT2D eigenvalue weighted by molar-refractivity contribution is 0.203. The van der Waals surface area contributed by atoms with E-state index in [4.69, 9.17) is 0 Å². The largest absolute Gasteiger partial charge is 0.312 e. The molecule has 0 amide bonds. The van der Waals surface area contributed by atoms with Crippen molar-refractivity contribution in [3.63, 3.8) is 0 Å². The Hall–Kier alpha value is -0.0400. The average Bonchev–Trinajstić information content (AvgIpc) is 2.48. The molecule has 0 aliphatic heterocycles. The molecule has 1 fully saturated rings. The van der Waals surface area contributed by atoms with Crippen molar-refractivity contribution in [2.24, 2.45) is 11.3 Å². The van der Waals surface area contributed by atoms with Gasteiger partial charge in [-0.05, 0) is 51.4 Å². The summed E-state index contributed by atoms with van der Waals surface area (Å²) < 4.78 is 0. The summed E-state index contributed by atoms with van der Waals surface area (Å²) in [5.41, 5.74) is 0.883. The van der Waals surface area contributed by atoms with Gasteiger partial charge in [0.05, 0.1) is 0 Å². The Kier molecular flexibility index (Phi) is 4.22. The Morgan fingerprint density at radius 3 is 2.07 bits per heavy atom. The van der Waals surface area contributed by atoms with E-state index in [1.807, 2.05) is 0 Å². The van der Waals surface area contributed by atoms with Gasteiger partial charge in [-0.15, -0.1) is 0 Å². The van der Waals surface area contributed by atoms with Gasteiger partial charge >= 0.3 is 0 Å². The van der Waals surface area contributed by atoms with Crippen LogP contribution >= 0.6 is 0 Å². The molecule has 0 saturated heterocycles. The Bertz CT molecular complexity index is 182. The first-order chi connectivity index (χ1) is 6.83. The van der Waals surface area contributed by atoms with E-state index in [0.717, 1.165) is 5.92 Å². The van der Waals surface area contributed by atoms with Crippen molar-refractivity contribution in [3.8, 4) is 0 Å². The monoisotopic (exact) mass is 211 g/mol. The quantitative estimate of drug-likeness (QED) is 0.741. The maximum absolute atomic E-state index is 3.71. The molecule has 0 bridgehead atoms. The van der Waals surface area contributed by atoms with Gasteiger partial charge in [0, 0.05) is 12.1 Å². The van der Waals surface area contributed by atoms with Crippen LogP contribution in [0.3, 0.4) is 0 Å². The molecule has 0 unspecified atom stereocenters. The molecule has 15 heavy (non-hydrogen) atoms. The minimum atomic E-state index is 0.270. The van der Waals surface area contributed by atoms with Crippen LogP contribution in [0.1, 0.15) is 66.7 Å². The first-order valence-corrected chi connectivity index (χ1v) is 6.58. The van der Waals surface area contributed by atoms with Crippen molar-refractivity contribution < 1.29 is 0 Å². The molecule has 0 heterocycles. The van der Waals surface area contributed by atoms with E-state index in [1.165, 1.54) is 38.6 Å². The van der Waals surface area contributed by atoms with Crippen molar-refractivity contribution in [3.05, 3.63) is 0 Å². The summed E-state index contributed by atoms with van der Waals surface area (Å²) in [6.07, 6.45) is 7.16. The molecule has 1 aliphatic carbocycles. The van der Waals surface area contributed by atoms with Gasteiger partial charge in [-0.2, -0.15) is 0 Å². The molecule has 0 aromatic rings. The Morgan fingerprint density at radius 1 is 1.13 bits per heavy atom. The van der Waals surface area contributed by atoms with Gasteiger partial charge in [0.2, 0.25) is 0 Å². The van der Waals surface area contributed by atoms with E-state index in [1.54, 1.807) is 0 Å². The van der Waals surface area contributed by atoms with Crippen molar-refractivity contribution in [1.29, 1.82) is 0 Å². The smallest absolute Gasteiger partial charge is 0.00967 e. The zero-order valence-electron chi connectivity index (χ0n) is 11.3. The van der Waals surface area contributed by atoms with Crippen molar-refractivity contribution in [2.75, 3.05) is 6.54 Å². The molecule has 1 rings (SSSR count). The van der Waals surface area contributed by atoms with Crippen LogP contribution in [0.4, 0.5) is 0 Å². The second-order valence-corrected chi connectivity index (χ2v) is 6.91. The van der Waals surface area contributed by atoms with Crippen LogP contribution in [-0.4, -0.2) is 12.1 Å². The molecule has 0 aromatic carbocycles. The minimum absolute atomic E-state index is 0.270. The number of hydrogen-bond donors (Lipinski definition) is 1. The van der Waals surface area contributed by atoms with E-state index < -0.39 is 0 Å². The van der Waals surface area contributed by atoms with Gasteiger partial charge in [-0.1, -0.05) is 26.7 Å². The minimum Gasteiger partial charge on any atom is -0.312 e. The number of hydrogen-bond acceptors (Lipinski definition) is 1. The van der Waals surface area contributed by atoms with Gasteiger partial charge in [0.15, 0.2) is 0 Å². The lowest BCUT2D eigenvalue weighted by Gasteiger charge is -2.34. The standard InChI is InChI=1S/C14H29N/c1-12(2)10-14(8-6-7-9-14)11-15-13(3,4)5/h12,15H,6-11H2,1-5H3. The average molecular weight is 211 g/mol. The Morgan fingerprint density at radius 2 is 1.67 bits per heavy atom. The topological polar surface area (TPSA) is 12.0 Å². The fourth-order valence-corrected chi connectivity index (χ4v) is 2.90. The zero-order chi connectivity index (χ0) is 11.5. The van der Waals surface area contributed by atoms with Gasteiger partial charge in [0.25, 0.3) is 0 Å². The molecular weight excluding hydrogens is 182 g/mol. The first-order valence-electron chi connectivity index (χ1n) is 6.58. The third-order valence-electron chi connectivity index (χ3n) is 3.50. The van der Waals surface area contributed by atoms with E-state index >= 15 is 0 Å². The summed E-state index contributed by atoms with van der Waals surface area (Å²) in [4.78, 5) is 0. The van der Waals surface area contributed by atoms with Crippen LogP contribution in [-0.2, 0) is 0 Å². The van der Waals surface area contributed by atoms with Gasteiger partial charge < -0.3 is 5.32 Å². The van der Waals surface area contributed by atoms with Crippen LogP contribution in [0.5, 0.6) is 0 Å². The summed E-state index contributed by atoms with van der Waals surface area (Å²) in [6.45, 7) is 12.7. The zero-order valence-corrected chi connectivity index (χ0v) is 11.3. The Labute approximate surface area is 96.0 Å². The lowest BCUT2D eigenvalue weighted by Crippen LogP contribution is -2.43. The van der Waals surface area contributed by atoms with Crippen LogP contribution in [0.25, 0.3) is 0 Å². The molecule has 1 nitrogen and oxygen atoms in total. The molecule has 0 atom stereocenters. The van der Waals surface area contributed by atoms with E-state index in [0.29, 0.717) is 5.41 Å². The molecule has 1 saturated carbocycles. The highest BCUT2D eigenvalue weighted by Crippen LogP contribution is 2.42. The maximum Gasteiger partial charge on any atom is 0.00967 e. The first kappa shape index (κ1) is 13.0. The van der Waals surface area contributed by atoms with Crippen LogP contribution < -0.4 is 5.32 Å². The summed E-state index contributed by atoms with van der Waals surface area (Å²) in [6, 6.07) is 0. The van der Waals surface area contributed by atoms with E-state index in [2.05, 4.69) is 39.9 Å². The molecule has 1 N–H and O–H groups in total. The predicted octanol–water partition coefficient (Wildman–Crippen LogP) is 3.98. The molecular formula is C14H29N.